The van der Waals surface area contributed by atoms with Crippen LogP contribution >= 0.6 is 0 Å². The summed E-state index contributed by atoms with van der Waals surface area (Å²) >= 11 is 0. The van der Waals surface area contributed by atoms with E-state index in [0.29, 0.717) is 11.6 Å². The third-order valence-electron chi connectivity index (χ3n) is 4.72. The van der Waals surface area contributed by atoms with E-state index in [2.05, 4.69) is 15.2 Å². The molecule has 23 heavy (non-hydrogen) atoms. The van der Waals surface area contributed by atoms with Crippen LogP contribution < -0.4 is 5.32 Å². The van der Waals surface area contributed by atoms with Gasteiger partial charge in [-0.15, -0.1) is 0 Å². The molecule has 6 heteroatoms. The molecule has 0 saturated heterocycles. The van der Waals surface area contributed by atoms with Gasteiger partial charge in [-0.3, -0.25) is 19.5 Å². The predicted octanol–water partition coefficient (Wildman–Crippen LogP) is 1.45. The number of nitrogens with one attached hydrogen (secondary N) is 1. The molecule has 124 valence electrons. The Morgan fingerprint density at radius 1 is 1.39 bits per heavy atom. The van der Waals surface area contributed by atoms with Gasteiger partial charge in [0.2, 0.25) is 0 Å². The molecule has 1 amide bonds. The lowest BCUT2D eigenvalue weighted by Gasteiger charge is -2.42. The summed E-state index contributed by atoms with van der Waals surface area (Å²) < 4.78 is 0. The number of rotatable bonds is 7. The Balaban J connectivity index is 1.50. The molecule has 1 aromatic heterocycles. The van der Waals surface area contributed by atoms with Crippen molar-refractivity contribution in [3.05, 3.63) is 29.6 Å². The zero-order valence-electron chi connectivity index (χ0n) is 13.4. The van der Waals surface area contributed by atoms with Gasteiger partial charge in [-0.05, 0) is 50.2 Å². The van der Waals surface area contributed by atoms with Crippen molar-refractivity contribution in [2.75, 3.05) is 13.1 Å². The van der Waals surface area contributed by atoms with Crippen LogP contribution in [0.5, 0.6) is 0 Å². The summed E-state index contributed by atoms with van der Waals surface area (Å²) in [5.41, 5.74) is 1.33. The van der Waals surface area contributed by atoms with Crippen molar-refractivity contribution in [1.29, 1.82) is 0 Å². The van der Waals surface area contributed by atoms with E-state index in [1.807, 2.05) is 19.1 Å². The Labute approximate surface area is 135 Å². The number of aromatic nitrogens is 1. The number of hydrogen-bond donors (Lipinski definition) is 2. The highest BCUT2D eigenvalue weighted by molar-refractivity contribution is 5.93. The van der Waals surface area contributed by atoms with Gasteiger partial charge < -0.3 is 10.4 Å². The van der Waals surface area contributed by atoms with Crippen molar-refractivity contribution in [3.8, 4) is 0 Å². The lowest BCUT2D eigenvalue weighted by Crippen LogP contribution is -2.55. The van der Waals surface area contributed by atoms with Gasteiger partial charge >= 0.3 is 5.97 Å². The van der Waals surface area contributed by atoms with E-state index < -0.39 is 5.97 Å². The average molecular weight is 317 g/mol. The summed E-state index contributed by atoms with van der Waals surface area (Å²) in [6.07, 6.45) is 5.68. The van der Waals surface area contributed by atoms with Crippen LogP contribution in [0.2, 0.25) is 0 Å². The molecule has 2 fully saturated rings. The first-order chi connectivity index (χ1) is 11.0. The van der Waals surface area contributed by atoms with Crippen LogP contribution in [0.4, 0.5) is 0 Å². The van der Waals surface area contributed by atoms with Crippen molar-refractivity contribution in [2.45, 2.75) is 44.7 Å². The van der Waals surface area contributed by atoms with Gasteiger partial charge in [-0.1, -0.05) is 6.07 Å². The number of aryl methyl sites for hydroxylation is 1. The maximum Gasteiger partial charge on any atom is 0.317 e. The first-order valence-corrected chi connectivity index (χ1v) is 8.21. The topological polar surface area (TPSA) is 82.5 Å². The van der Waals surface area contributed by atoms with Crippen molar-refractivity contribution < 1.29 is 14.7 Å². The minimum Gasteiger partial charge on any atom is -0.480 e. The smallest absolute Gasteiger partial charge is 0.317 e. The van der Waals surface area contributed by atoms with Crippen LogP contribution in [0.25, 0.3) is 0 Å². The van der Waals surface area contributed by atoms with Gasteiger partial charge in [0.25, 0.3) is 5.91 Å². The van der Waals surface area contributed by atoms with Gasteiger partial charge in [-0.2, -0.15) is 0 Å². The maximum atomic E-state index is 12.2. The number of aliphatic carboxylic acids is 1. The van der Waals surface area contributed by atoms with Crippen molar-refractivity contribution >= 4 is 11.9 Å². The Morgan fingerprint density at radius 2 is 2.13 bits per heavy atom. The van der Waals surface area contributed by atoms with Crippen molar-refractivity contribution in [2.24, 2.45) is 5.92 Å². The number of carboxylic acid groups (broad SMARTS) is 1. The number of carbonyl (C=O) groups is 2. The van der Waals surface area contributed by atoms with E-state index in [9.17, 15) is 9.59 Å². The van der Waals surface area contributed by atoms with Crippen LogP contribution in [0, 0.1) is 12.8 Å². The van der Waals surface area contributed by atoms with Crippen LogP contribution in [-0.4, -0.2) is 52.0 Å². The molecule has 0 spiro atoms. The normalized spacial score (nSPS) is 23.4. The van der Waals surface area contributed by atoms with Crippen LogP contribution in [0.15, 0.2) is 18.3 Å². The highest BCUT2D eigenvalue weighted by Gasteiger charge is 2.37. The third kappa shape index (κ3) is 4.07. The fourth-order valence-electron chi connectivity index (χ4n) is 3.13. The highest BCUT2D eigenvalue weighted by atomic mass is 16.4. The molecule has 0 radical (unpaired) electrons. The minimum absolute atomic E-state index is 0.0984. The molecule has 2 aliphatic rings. The first kappa shape index (κ1) is 15.9. The van der Waals surface area contributed by atoms with Gasteiger partial charge in [0.15, 0.2) is 0 Å². The monoisotopic (exact) mass is 317 g/mol. The lowest BCUT2D eigenvalue weighted by atomic mass is 9.85. The summed E-state index contributed by atoms with van der Waals surface area (Å²) in [5.74, 6) is -0.250. The highest BCUT2D eigenvalue weighted by Crippen LogP contribution is 2.33. The maximum absolute atomic E-state index is 12.2. The molecular weight excluding hydrogens is 294 g/mol. The number of pyridine rings is 1. The second-order valence-corrected chi connectivity index (χ2v) is 6.73. The summed E-state index contributed by atoms with van der Waals surface area (Å²) in [6, 6.07) is 4.06. The zero-order valence-corrected chi connectivity index (χ0v) is 13.4. The van der Waals surface area contributed by atoms with E-state index in [4.69, 9.17) is 5.11 Å². The molecule has 0 bridgehead atoms. The molecule has 1 aromatic rings. The third-order valence-corrected chi connectivity index (χ3v) is 4.72. The number of nitrogens with zero attached hydrogens (tertiary/aromatic N) is 2. The molecule has 0 aliphatic heterocycles. The lowest BCUT2D eigenvalue weighted by molar-refractivity contribution is -0.139. The standard InChI is InChI=1S/C17H23N3O3/c1-11-3-2-6-18-16(11)17(23)19-13-7-14(8-13)20(10-15(21)22)9-12-4-5-12/h2-3,6,12-14H,4-5,7-10H2,1H3,(H,19,23)(H,21,22). The Morgan fingerprint density at radius 3 is 2.74 bits per heavy atom. The largest absolute Gasteiger partial charge is 0.480 e. The van der Waals surface area contributed by atoms with Gasteiger partial charge in [-0.25, -0.2) is 0 Å². The van der Waals surface area contributed by atoms with Gasteiger partial charge in [0, 0.05) is 24.8 Å². The SMILES string of the molecule is Cc1cccnc1C(=O)NC1CC(N(CC(=O)O)CC2CC2)C1. The van der Waals surface area contributed by atoms with Crippen LogP contribution in [-0.2, 0) is 4.79 Å². The van der Waals surface area contributed by atoms with Gasteiger partial charge in [0.05, 0.1) is 6.54 Å². The van der Waals surface area contributed by atoms with E-state index >= 15 is 0 Å². The molecule has 6 nitrogen and oxygen atoms in total. The van der Waals surface area contributed by atoms with E-state index in [1.165, 1.54) is 12.8 Å². The Bertz CT molecular complexity index is 595. The van der Waals surface area contributed by atoms with Crippen molar-refractivity contribution in [1.82, 2.24) is 15.2 Å². The second kappa shape index (κ2) is 6.66. The number of hydrogen-bond acceptors (Lipinski definition) is 4. The molecule has 0 aromatic carbocycles. The molecule has 3 rings (SSSR count). The van der Waals surface area contributed by atoms with Crippen LogP contribution in [0.1, 0.15) is 41.7 Å². The molecule has 0 unspecified atom stereocenters. The second-order valence-electron chi connectivity index (χ2n) is 6.73. The Hall–Kier alpha value is -1.95. The quantitative estimate of drug-likeness (QED) is 0.795. The summed E-state index contributed by atoms with van der Waals surface area (Å²) in [5, 5.41) is 12.1. The van der Waals surface area contributed by atoms with E-state index in [-0.39, 0.29) is 24.5 Å². The summed E-state index contributed by atoms with van der Waals surface area (Å²) in [7, 11) is 0. The van der Waals surface area contributed by atoms with Crippen LogP contribution in [0.3, 0.4) is 0 Å². The molecular formula is C17H23N3O3. The number of carbonyl (C=O) groups excluding carboxylic acids is 1. The summed E-state index contributed by atoms with van der Waals surface area (Å²) in [6.45, 7) is 2.84. The minimum atomic E-state index is -0.776. The van der Waals surface area contributed by atoms with Crippen molar-refractivity contribution in [3.63, 3.8) is 0 Å². The average Bonchev–Trinajstić information content (AvgIpc) is 3.25. The predicted molar refractivity (Wildman–Crippen MR) is 85.2 cm³/mol. The molecule has 2 saturated carbocycles. The zero-order chi connectivity index (χ0) is 16.4. The number of amides is 1. The fraction of sp³-hybridized carbons (Fsp3) is 0.588. The number of carboxylic acids is 1. The first-order valence-electron chi connectivity index (χ1n) is 8.21. The van der Waals surface area contributed by atoms with E-state index in [1.54, 1.807) is 6.20 Å². The molecule has 1 heterocycles. The fourth-order valence-corrected chi connectivity index (χ4v) is 3.13. The molecule has 2 aliphatic carbocycles. The van der Waals surface area contributed by atoms with E-state index in [0.717, 1.165) is 24.9 Å². The summed E-state index contributed by atoms with van der Waals surface area (Å²) in [4.78, 5) is 29.4. The van der Waals surface area contributed by atoms with Gasteiger partial charge in [0.1, 0.15) is 5.69 Å². The molecule has 2 N–H and O–H groups in total. The molecule has 0 atom stereocenters. The Kier molecular flexibility index (Phi) is 4.61.